The molecule has 0 aliphatic rings. The Kier molecular flexibility index (Phi) is 3.58. The van der Waals surface area contributed by atoms with Crippen LogP contribution in [0.3, 0.4) is 0 Å². The minimum atomic E-state index is 0.392. The normalized spacial score (nSPS) is 12.5. The fourth-order valence-electron chi connectivity index (χ4n) is 2.26. The molecule has 2 aromatic rings. The summed E-state index contributed by atoms with van der Waals surface area (Å²) in [7, 11) is 0. The summed E-state index contributed by atoms with van der Waals surface area (Å²) in [6.45, 7) is 6.54. The van der Waals surface area contributed by atoms with E-state index in [-0.39, 0.29) is 0 Å². The maximum Gasteiger partial charge on any atom is 0.00783 e. The van der Waals surface area contributed by atoms with E-state index < -0.39 is 0 Å². The predicted molar refractivity (Wildman–Crippen MR) is 77.1 cm³/mol. The first-order valence-electron chi connectivity index (χ1n) is 5.94. The van der Waals surface area contributed by atoms with Gasteiger partial charge in [0.25, 0.3) is 0 Å². The molecule has 0 aliphatic heterocycles. The summed E-state index contributed by atoms with van der Waals surface area (Å²) < 4.78 is 0. The van der Waals surface area contributed by atoms with Crippen LogP contribution in [0.1, 0.15) is 35.1 Å². The van der Waals surface area contributed by atoms with Crippen LogP contribution in [0.4, 0.5) is 0 Å². The molecule has 0 bridgehead atoms. The van der Waals surface area contributed by atoms with Gasteiger partial charge in [-0.2, -0.15) is 0 Å². The molecule has 88 valence electrons. The Morgan fingerprint density at radius 1 is 0.941 bits per heavy atom. The molecule has 0 radical (unpaired) electrons. The zero-order valence-corrected chi connectivity index (χ0v) is 11.5. The lowest BCUT2D eigenvalue weighted by molar-refractivity contribution is 0.882. The van der Waals surface area contributed by atoms with Gasteiger partial charge >= 0.3 is 0 Å². The topological polar surface area (TPSA) is 0 Å². The van der Waals surface area contributed by atoms with E-state index in [4.69, 9.17) is 0 Å². The Labute approximate surface area is 109 Å². The van der Waals surface area contributed by atoms with Crippen LogP contribution in [0, 0.1) is 13.8 Å². The standard InChI is InChI=1S/C16H18S/c1-11-8-9-16(17)15(10-11)13(3)14-7-5-4-6-12(14)2/h4-10,13,17H,1-3H3. The number of benzene rings is 2. The predicted octanol–water partition coefficient (Wildman–Crippen LogP) is 4.74. The van der Waals surface area contributed by atoms with Crippen LogP contribution in [0.25, 0.3) is 0 Å². The molecule has 0 saturated heterocycles. The Hall–Kier alpha value is -1.21. The molecule has 2 aromatic carbocycles. The molecule has 0 N–H and O–H groups in total. The number of hydrogen-bond acceptors (Lipinski definition) is 1. The Morgan fingerprint density at radius 2 is 1.65 bits per heavy atom. The molecule has 0 amide bonds. The lowest BCUT2D eigenvalue weighted by Gasteiger charge is -2.17. The molecule has 1 unspecified atom stereocenters. The van der Waals surface area contributed by atoms with Gasteiger partial charge in [0.2, 0.25) is 0 Å². The smallest absolute Gasteiger partial charge is 0.00783 e. The van der Waals surface area contributed by atoms with E-state index in [2.05, 4.69) is 75.9 Å². The summed E-state index contributed by atoms with van der Waals surface area (Å²) in [5.74, 6) is 0.392. The summed E-state index contributed by atoms with van der Waals surface area (Å²) in [4.78, 5) is 1.08. The molecule has 0 saturated carbocycles. The third kappa shape index (κ3) is 2.55. The highest BCUT2D eigenvalue weighted by atomic mass is 32.1. The summed E-state index contributed by atoms with van der Waals surface area (Å²) in [5, 5.41) is 0. The van der Waals surface area contributed by atoms with Gasteiger partial charge in [-0.05, 0) is 36.6 Å². The Morgan fingerprint density at radius 3 is 2.35 bits per heavy atom. The van der Waals surface area contributed by atoms with Crippen LogP contribution in [-0.4, -0.2) is 0 Å². The zero-order chi connectivity index (χ0) is 12.4. The maximum atomic E-state index is 4.57. The highest BCUT2D eigenvalue weighted by Gasteiger charge is 2.13. The van der Waals surface area contributed by atoms with Crippen molar-refractivity contribution in [2.45, 2.75) is 31.6 Å². The second-order valence-corrected chi connectivity index (χ2v) is 5.12. The van der Waals surface area contributed by atoms with E-state index in [9.17, 15) is 0 Å². The summed E-state index contributed by atoms with van der Waals surface area (Å²) in [6.07, 6.45) is 0. The van der Waals surface area contributed by atoms with Crippen molar-refractivity contribution in [1.82, 2.24) is 0 Å². The van der Waals surface area contributed by atoms with E-state index in [0.717, 1.165) is 4.90 Å². The molecule has 0 aromatic heterocycles. The first-order valence-corrected chi connectivity index (χ1v) is 6.39. The van der Waals surface area contributed by atoms with Gasteiger partial charge in [0, 0.05) is 10.8 Å². The van der Waals surface area contributed by atoms with E-state index in [1.165, 1.54) is 22.3 Å². The van der Waals surface area contributed by atoms with E-state index >= 15 is 0 Å². The fourth-order valence-corrected chi connectivity index (χ4v) is 2.59. The minimum absolute atomic E-state index is 0.392. The zero-order valence-electron chi connectivity index (χ0n) is 10.6. The van der Waals surface area contributed by atoms with Crippen molar-refractivity contribution < 1.29 is 0 Å². The first kappa shape index (κ1) is 12.3. The molecule has 0 nitrogen and oxygen atoms in total. The summed E-state index contributed by atoms with van der Waals surface area (Å²) in [5.41, 5.74) is 5.32. The molecule has 0 fully saturated rings. The average Bonchev–Trinajstić information content (AvgIpc) is 2.32. The van der Waals surface area contributed by atoms with Crippen molar-refractivity contribution in [3.63, 3.8) is 0 Å². The summed E-state index contributed by atoms with van der Waals surface area (Å²) >= 11 is 4.57. The number of thiol groups is 1. The quantitative estimate of drug-likeness (QED) is 0.722. The van der Waals surface area contributed by atoms with Crippen molar-refractivity contribution >= 4 is 12.6 Å². The third-order valence-electron chi connectivity index (χ3n) is 3.30. The third-order valence-corrected chi connectivity index (χ3v) is 3.71. The van der Waals surface area contributed by atoms with Crippen molar-refractivity contribution in [3.8, 4) is 0 Å². The Bertz CT molecular complexity index is 529. The van der Waals surface area contributed by atoms with Crippen molar-refractivity contribution in [2.75, 3.05) is 0 Å². The number of aryl methyl sites for hydroxylation is 2. The molecule has 0 spiro atoms. The van der Waals surface area contributed by atoms with Crippen LogP contribution >= 0.6 is 12.6 Å². The van der Waals surface area contributed by atoms with Gasteiger partial charge in [0.1, 0.15) is 0 Å². The molecular weight excluding hydrogens is 224 g/mol. The maximum absolute atomic E-state index is 4.57. The molecule has 1 atom stereocenters. The van der Waals surface area contributed by atoms with Crippen LogP contribution in [0.2, 0.25) is 0 Å². The number of hydrogen-bond donors (Lipinski definition) is 1. The largest absolute Gasteiger partial charge is 0.143 e. The minimum Gasteiger partial charge on any atom is -0.143 e. The van der Waals surface area contributed by atoms with Gasteiger partial charge in [-0.25, -0.2) is 0 Å². The van der Waals surface area contributed by atoms with Crippen molar-refractivity contribution in [1.29, 1.82) is 0 Å². The molecule has 0 heterocycles. The second kappa shape index (κ2) is 4.97. The molecule has 17 heavy (non-hydrogen) atoms. The van der Waals surface area contributed by atoms with Gasteiger partial charge < -0.3 is 0 Å². The second-order valence-electron chi connectivity index (χ2n) is 4.64. The van der Waals surface area contributed by atoms with E-state index in [1.807, 2.05) is 0 Å². The fraction of sp³-hybridized carbons (Fsp3) is 0.250. The number of rotatable bonds is 2. The van der Waals surface area contributed by atoms with Gasteiger partial charge in [0.15, 0.2) is 0 Å². The van der Waals surface area contributed by atoms with Gasteiger partial charge in [-0.3, -0.25) is 0 Å². The first-order chi connectivity index (χ1) is 8.09. The lowest BCUT2D eigenvalue weighted by Crippen LogP contribution is -2.00. The average molecular weight is 242 g/mol. The molecular formula is C16H18S. The van der Waals surface area contributed by atoms with Crippen LogP contribution in [0.5, 0.6) is 0 Å². The van der Waals surface area contributed by atoms with Crippen LogP contribution in [0.15, 0.2) is 47.4 Å². The molecule has 0 aliphatic carbocycles. The van der Waals surface area contributed by atoms with Gasteiger partial charge in [-0.15, -0.1) is 12.6 Å². The van der Waals surface area contributed by atoms with E-state index in [0.29, 0.717) is 5.92 Å². The summed E-state index contributed by atoms with van der Waals surface area (Å²) in [6, 6.07) is 15.0. The van der Waals surface area contributed by atoms with Crippen molar-refractivity contribution in [2.24, 2.45) is 0 Å². The van der Waals surface area contributed by atoms with Gasteiger partial charge in [0.05, 0.1) is 0 Å². The van der Waals surface area contributed by atoms with Crippen LogP contribution in [-0.2, 0) is 0 Å². The molecule has 2 rings (SSSR count). The lowest BCUT2D eigenvalue weighted by atomic mass is 9.89. The monoisotopic (exact) mass is 242 g/mol. The highest BCUT2D eigenvalue weighted by molar-refractivity contribution is 7.80. The molecule has 1 heteroatoms. The van der Waals surface area contributed by atoms with Gasteiger partial charge in [-0.1, -0.05) is 48.9 Å². The van der Waals surface area contributed by atoms with Crippen LogP contribution < -0.4 is 0 Å². The van der Waals surface area contributed by atoms with Crippen molar-refractivity contribution in [3.05, 3.63) is 64.7 Å². The SMILES string of the molecule is Cc1ccc(S)c(C(C)c2ccccc2C)c1. The highest BCUT2D eigenvalue weighted by Crippen LogP contribution is 2.31. The van der Waals surface area contributed by atoms with E-state index in [1.54, 1.807) is 0 Å². The Balaban J connectivity index is 2.47.